The molecule has 3 N–H and O–H groups in total. The summed E-state index contributed by atoms with van der Waals surface area (Å²) in [6, 6.07) is 10.4. The first-order valence-electron chi connectivity index (χ1n) is 12.4. The SMILES string of the molecule is Cc1c(C(=O)N[C@H]2CCC[C@@H](N)C2)nn(-c2ccc(Cl)cc2Cl)c1-c1ccc(OS(=O)(=O)CCC(F)(F)F)cc1.Cl. The number of rotatable bonds is 8. The van der Waals surface area contributed by atoms with Gasteiger partial charge in [0.05, 0.1) is 28.6 Å². The van der Waals surface area contributed by atoms with E-state index < -0.39 is 28.5 Å². The van der Waals surface area contributed by atoms with Crippen molar-refractivity contribution < 1.29 is 30.6 Å². The molecule has 0 radical (unpaired) electrons. The number of amides is 1. The van der Waals surface area contributed by atoms with E-state index in [0.717, 1.165) is 19.3 Å². The normalized spacial score (nSPS) is 17.5. The lowest BCUT2D eigenvalue weighted by Crippen LogP contribution is -2.42. The van der Waals surface area contributed by atoms with E-state index in [1.807, 2.05) is 0 Å². The maximum atomic E-state index is 13.3. The summed E-state index contributed by atoms with van der Waals surface area (Å²) >= 11 is 12.5. The van der Waals surface area contributed by atoms with Gasteiger partial charge in [-0.05, 0) is 75.1 Å². The van der Waals surface area contributed by atoms with Gasteiger partial charge in [0.25, 0.3) is 5.91 Å². The molecule has 41 heavy (non-hydrogen) atoms. The van der Waals surface area contributed by atoms with Crippen molar-refractivity contribution in [1.29, 1.82) is 0 Å². The van der Waals surface area contributed by atoms with E-state index in [0.29, 0.717) is 34.0 Å². The van der Waals surface area contributed by atoms with Crippen molar-refractivity contribution in [1.82, 2.24) is 15.1 Å². The van der Waals surface area contributed by atoms with E-state index in [2.05, 4.69) is 10.4 Å². The summed E-state index contributed by atoms with van der Waals surface area (Å²) in [5, 5.41) is 8.27. The highest BCUT2D eigenvalue weighted by atomic mass is 35.5. The van der Waals surface area contributed by atoms with E-state index in [1.165, 1.54) is 35.0 Å². The third-order valence-corrected chi connectivity index (χ3v) is 8.20. The topological polar surface area (TPSA) is 116 Å². The van der Waals surface area contributed by atoms with Crippen molar-refractivity contribution in [2.75, 3.05) is 5.75 Å². The number of nitrogens with one attached hydrogen (secondary N) is 1. The number of hydrogen-bond donors (Lipinski definition) is 2. The maximum absolute atomic E-state index is 13.3. The second kappa shape index (κ2) is 13.2. The fraction of sp³-hybridized carbons (Fsp3) is 0.385. The summed E-state index contributed by atoms with van der Waals surface area (Å²) in [6.07, 6.45) is -2.87. The summed E-state index contributed by atoms with van der Waals surface area (Å²) in [6.45, 7) is 1.72. The maximum Gasteiger partial charge on any atom is 0.390 e. The Kier molecular flexibility index (Phi) is 10.6. The Bertz CT molecular complexity index is 1500. The Hall–Kier alpha value is -2.51. The number of benzene rings is 2. The fourth-order valence-electron chi connectivity index (χ4n) is 4.59. The molecule has 1 aliphatic carbocycles. The molecule has 4 rings (SSSR count). The van der Waals surface area contributed by atoms with Crippen molar-refractivity contribution in [3.63, 3.8) is 0 Å². The van der Waals surface area contributed by atoms with E-state index in [4.69, 9.17) is 33.1 Å². The molecule has 8 nitrogen and oxygen atoms in total. The molecule has 3 aromatic rings. The zero-order valence-electron chi connectivity index (χ0n) is 21.7. The van der Waals surface area contributed by atoms with Crippen molar-refractivity contribution in [2.24, 2.45) is 5.73 Å². The van der Waals surface area contributed by atoms with Gasteiger partial charge in [-0.25, -0.2) is 4.68 Å². The molecule has 0 bridgehead atoms. The Morgan fingerprint density at radius 3 is 2.46 bits per heavy atom. The third-order valence-electron chi connectivity index (χ3n) is 6.51. The van der Waals surface area contributed by atoms with Crippen LogP contribution in [0.15, 0.2) is 42.5 Å². The minimum absolute atomic E-state index is 0. The Labute approximate surface area is 251 Å². The van der Waals surface area contributed by atoms with Gasteiger partial charge in [-0.3, -0.25) is 4.79 Å². The molecule has 1 saturated carbocycles. The van der Waals surface area contributed by atoms with Gasteiger partial charge in [0.2, 0.25) is 0 Å². The average molecular weight is 656 g/mol. The van der Waals surface area contributed by atoms with Crippen LogP contribution < -0.4 is 15.2 Å². The number of hydrogen-bond acceptors (Lipinski definition) is 6. The largest absolute Gasteiger partial charge is 0.390 e. The summed E-state index contributed by atoms with van der Waals surface area (Å²) < 4.78 is 67.7. The Balaban J connectivity index is 0.00000462. The van der Waals surface area contributed by atoms with Gasteiger partial charge in [0.1, 0.15) is 5.75 Å². The molecule has 0 aliphatic heterocycles. The number of alkyl halides is 3. The van der Waals surface area contributed by atoms with Gasteiger partial charge >= 0.3 is 16.3 Å². The number of halogens is 6. The molecule has 1 fully saturated rings. The summed E-state index contributed by atoms with van der Waals surface area (Å²) in [5.41, 5.74) is 8.21. The van der Waals surface area contributed by atoms with Gasteiger partial charge in [-0.2, -0.15) is 26.7 Å². The molecular weight excluding hydrogens is 628 g/mol. The predicted molar refractivity (Wildman–Crippen MR) is 154 cm³/mol. The van der Waals surface area contributed by atoms with E-state index >= 15 is 0 Å². The van der Waals surface area contributed by atoms with Gasteiger partial charge in [-0.15, -0.1) is 12.4 Å². The Morgan fingerprint density at radius 2 is 1.85 bits per heavy atom. The second-order valence-electron chi connectivity index (χ2n) is 9.66. The number of carbonyl (C=O) groups is 1. The molecule has 224 valence electrons. The van der Waals surface area contributed by atoms with Crippen LogP contribution in [0.2, 0.25) is 10.0 Å². The van der Waals surface area contributed by atoms with Gasteiger partial charge in [0, 0.05) is 28.2 Å². The van der Waals surface area contributed by atoms with Crippen LogP contribution in [0.1, 0.15) is 48.2 Å². The van der Waals surface area contributed by atoms with Crippen LogP contribution >= 0.6 is 35.6 Å². The molecule has 2 aromatic carbocycles. The molecule has 0 saturated heterocycles. The lowest BCUT2D eigenvalue weighted by molar-refractivity contribution is -0.130. The van der Waals surface area contributed by atoms with Crippen LogP contribution in [0.25, 0.3) is 16.9 Å². The molecule has 0 spiro atoms. The minimum atomic E-state index is -4.63. The standard InChI is InChI=1S/C26H27Cl2F3N4O4S.ClH/c1-15-23(25(36)33-19-4-2-3-18(32)14-19)34-35(22-10-7-17(27)13-21(22)28)24(15)16-5-8-20(9-6-16)39-40(37,38)12-11-26(29,30)31;/h5-10,13,18-19H,2-4,11-12,14,32H2,1H3,(H,33,36);1H/t18-,19+;/m1./s1. The van der Waals surface area contributed by atoms with Gasteiger partial charge in [0.15, 0.2) is 5.69 Å². The number of aromatic nitrogens is 2. The summed E-state index contributed by atoms with van der Waals surface area (Å²) in [5.74, 6) is -1.74. The summed E-state index contributed by atoms with van der Waals surface area (Å²) in [4.78, 5) is 13.3. The lowest BCUT2D eigenvalue weighted by atomic mass is 9.91. The zero-order chi connectivity index (χ0) is 29.2. The van der Waals surface area contributed by atoms with Crippen LogP contribution in [0.5, 0.6) is 5.75 Å². The fourth-order valence-corrected chi connectivity index (χ4v) is 6.05. The van der Waals surface area contributed by atoms with Crippen molar-refractivity contribution in [2.45, 2.75) is 57.3 Å². The quantitative estimate of drug-likeness (QED) is 0.278. The number of carbonyl (C=O) groups excluding carboxylic acids is 1. The van der Waals surface area contributed by atoms with E-state index in [-0.39, 0.29) is 46.9 Å². The molecule has 1 aromatic heterocycles. The zero-order valence-corrected chi connectivity index (χ0v) is 24.9. The highest BCUT2D eigenvalue weighted by Gasteiger charge is 2.31. The van der Waals surface area contributed by atoms with E-state index in [9.17, 15) is 26.4 Å². The lowest BCUT2D eigenvalue weighted by Gasteiger charge is -2.27. The third kappa shape index (κ3) is 8.51. The van der Waals surface area contributed by atoms with Crippen molar-refractivity contribution in [3.8, 4) is 22.7 Å². The van der Waals surface area contributed by atoms with E-state index in [1.54, 1.807) is 19.1 Å². The first kappa shape index (κ1) is 33.0. The van der Waals surface area contributed by atoms with Gasteiger partial charge < -0.3 is 15.2 Å². The summed E-state index contributed by atoms with van der Waals surface area (Å²) in [7, 11) is -4.47. The predicted octanol–water partition coefficient (Wildman–Crippen LogP) is 6.24. The second-order valence-corrected chi connectivity index (χ2v) is 12.2. The number of nitrogens with two attached hydrogens (primary N) is 1. The monoisotopic (exact) mass is 654 g/mol. The van der Waals surface area contributed by atoms with Crippen LogP contribution in [0.4, 0.5) is 13.2 Å². The first-order chi connectivity index (χ1) is 18.7. The molecule has 15 heteroatoms. The molecule has 2 atom stereocenters. The smallest absolute Gasteiger partial charge is 0.382 e. The van der Waals surface area contributed by atoms with Crippen LogP contribution in [-0.2, 0) is 10.1 Å². The highest BCUT2D eigenvalue weighted by molar-refractivity contribution is 7.87. The first-order valence-corrected chi connectivity index (χ1v) is 14.8. The minimum Gasteiger partial charge on any atom is -0.382 e. The number of nitrogens with zero attached hydrogens (tertiary/aromatic N) is 2. The average Bonchev–Trinajstić information content (AvgIpc) is 3.19. The van der Waals surface area contributed by atoms with Crippen LogP contribution in [-0.4, -0.2) is 48.1 Å². The Morgan fingerprint density at radius 1 is 1.17 bits per heavy atom. The van der Waals surface area contributed by atoms with Gasteiger partial charge in [-0.1, -0.05) is 23.2 Å². The van der Waals surface area contributed by atoms with Crippen LogP contribution in [0.3, 0.4) is 0 Å². The molecular formula is C26H28Cl3F3N4O4S. The molecule has 1 aliphatic rings. The highest BCUT2D eigenvalue weighted by Crippen LogP contribution is 2.34. The molecule has 0 unspecified atom stereocenters. The molecule has 1 amide bonds. The van der Waals surface area contributed by atoms with Crippen molar-refractivity contribution in [3.05, 3.63) is 63.8 Å². The van der Waals surface area contributed by atoms with Crippen molar-refractivity contribution >= 4 is 51.6 Å². The molecule has 1 heterocycles. The van der Waals surface area contributed by atoms with Crippen LogP contribution in [0, 0.1) is 6.92 Å².